The summed E-state index contributed by atoms with van der Waals surface area (Å²) in [6.45, 7) is 0. The van der Waals surface area contributed by atoms with Gasteiger partial charge in [-0.3, -0.25) is 4.79 Å². The molecule has 2 heterocycles. The van der Waals surface area contributed by atoms with Crippen LogP contribution in [-0.2, 0) is 0 Å². The largest absolute Gasteiger partial charge is 0.423 e. The minimum absolute atomic E-state index is 0.211. The van der Waals surface area contributed by atoms with Crippen molar-refractivity contribution in [2.75, 3.05) is 5.32 Å². The van der Waals surface area contributed by atoms with Crippen LogP contribution in [0, 0.1) is 0 Å². The lowest BCUT2D eigenvalue weighted by Crippen LogP contribution is -2.12. The molecule has 8 nitrogen and oxygen atoms in total. The Labute approximate surface area is 106 Å². The molecular formula is C11H8N6O2. The van der Waals surface area contributed by atoms with E-state index in [0.29, 0.717) is 11.6 Å². The molecule has 19 heavy (non-hydrogen) atoms. The van der Waals surface area contributed by atoms with Gasteiger partial charge in [-0.05, 0) is 18.2 Å². The van der Waals surface area contributed by atoms with Crippen molar-refractivity contribution in [3.05, 3.63) is 42.5 Å². The second kappa shape index (κ2) is 4.69. The highest BCUT2D eigenvalue weighted by Crippen LogP contribution is 2.20. The van der Waals surface area contributed by atoms with Gasteiger partial charge in [-0.25, -0.2) is 0 Å². The Bertz CT molecular complexity index is 677. The Balaban J connectivity index is 1.82. The quantitative estimate of drug-likeness (QED) is 0.726. The van der Waals surface area contributed by atoms with Gasteiger partial charge in [0, 0.05) is 11.3 Å². The number of carbonyl (C=O) groups is 1. The molecule has 0 saturated heterocycles. The van der Waals surface area contributed by atoms with Crippen LogP contribution in [0.1, 0.15) is 10.5 Å². The van der Waals surface area contributed by atoms with Crippen LogP contribution >= 0.6 is 0 Å². The highest BCUT2D eigenvalue weighted by Gasteiger charge is 2.10. The molecule has 0 aliphatic carbocycles. The van der Waals surface area contributed by atoms with Gasteiger partial charge in [0.1, 0.15) is 0 Å². The number of rotatable bonds is 3. The smallest absolute Gasteiger partial charge is 0.277 e. The first kappa shape index (κ1) is 11.1. The lowest BCUT2D eigenvalue weighted by molar-refractivity contribution is 0.102. The SMILES string of the molecule is O=C(Nc1cccc(-c2nnco2)c1)c1cn[nH]n1. The third-order valence-corrected chi connectivity index (χ3v) is 2.38. The maximum Gasteiger partial charge on any atom is 0.277 e. The zero-order chi connectivity index (χ0) is 13.1. The molecule has 2 aromatic heterocycles. The number of hydrogen-bond acceptors (Lipinski definition) is 6. The van der Waals surface area contributed by atoms with Crippen LogP contribution in [0.5, 0.6) is 0 Å². The van der Waals surface area contributed by atoms with Gasteiger partial charge in [-0.2, -0.15) is 15.4 Å². The van der Waals surface area contributed by atoms with Crippen LogP contribution in [0.25, 0.3) is 11.5 Å². The minimum Gasteiger partial charge on any atom is -0.423 e. The molecule has 94 valence electrons. The molecule has 0 bridgehead atoms. The molecule has 0 atom stereocenters. The highest BCUT2D eigenvalue weighted by atomic mass is 16.4. The van der Waals surface area contributed by atoms with Crippen LogP contribution < -0.4 is 5.32 Å². The van der Waals surface area contributed by atoms with E-state index in [-0.39, 0.29) is 11.6 Å². The Kier molecular flexibility index (Phi) is 2.73. The van der Waals surface area contributed by atoms with Gasteiger partial charge in [0.05, 0.1) is 6.20 Å². The third-order valence-electron chi connectivity index (χ3n) is 2.38. The van der Waals surface area contributed by atoms with E-state index in [9.17, 15) is 4.79 Å². The average molecular weight is 256 g/mol. The number of nitrogens with zero attached hydrogens (tertiary/aromatic N) is 4. The number of aromatic nitrogens is 5. The third kappa shape index (κ3) is 2.32. The number of anilines is 1. The normalized spacial score (nSPS) is 10.3. The summed E-state index contributed by atoms with van der Waals surface area (Å²) < 4.78 is 5.09. The van der Waals surface area contributed by atoms with Crippen LogP contribution in [0.4, 0.5) is 5.69 Å². The predicted octanol–water partition coefficient (Wildman–Crippen LogP) is 1.11. The first-order chi connectivity index (χ1) is 9.33. The van der Waals surface area contributed by atoms with Gasteiger partial charge >= 0.3 is 0 Å². The number of H-pyrrole nitrogens is 1. The summed E-state index contributed by atoms with van der Waals surface area (Å²) in [6, 6.07) is 7.06. The molecule has 1 amide bonds. The first-order valence-corrected chi connectivity index (χ1v) is 5.36. The monoisotopic (exact) mass is 256 g/mol. The summed E-state index contributed by atoms with van der Waals surface area (Å²) in [7, 11) is 0. The number of carbonyl (C=O) groups excluding carboxylic acids is 1. The van der Waals surface area contributed by atoms with E-state index in [1.165, 1.54) is 12.6 Å². The van der Waals surface area contributed by atoms with Crippen molar-refractivity contribution in [2.45, 2.75) is 0 Å². The lowest BCUT2D eigenvalue weighted by atomic mass is 10.2. The zero-order valence-corrected chi connectivity index (χ0v) is 9.57. The molecular weight excluding hydrogens is 248 g/mol. The second-order valence-corrected chi connectivity index (χ2v) is 3.63. The average Bonchev–Trinajstić information content (AvgIpc) is 3.13. The van der Waals surface area contributed by atoms with Crippen molar-refractivity contribution in [1.29, 1.82) is 0 Å². The van der Waals surface area contributed by atoms with Crippen LogP contribution in [0.15, 0.2) is 41.3 Å². The molecule has 2 N–H and O–H groups in total. The lowest BCUT2D eigenvalue weighted by Gasteiger charge is -2.03. The van der Waals surface area contributed by atoms with E-state index in [1.807, 2.05) is 0 Å². The van der Waals surface area contributed by atoms with Crippen LogP contribution in [-0.4, -0.2) is 31.5 Å². The number of nitrogens with one attached hydrogen (secondary N) is 2. The number of amides is 1. The molecule has 8 heteroatoms. The summed E-state index contributed by atoms with van der Waals surface area (Å²) in [5.41, 5.74) is 1.53. The summed E-state index contributed by atoms with van der Waals surface area (Å²) >= 11 is 0. The van der Waals surface area contributed by atoms with Crippen molar-refractivity contribution < 1.29 is 9.21 Å². The van der Waals surface area contributed by atoms with Gasteiger partial charge < -0.3 is 9.73 Å². The Morgan fingerprint density at radius 1 is 1.37 bits per heavy atom. The Morgan fingerprint density at radius 3 is 3.05 bits per heavy atom. The molecule has 1 aromatic carbocycles. The van der Waals surface area contributed by atoms with Gasteiger partial charge in [0.25, 0.3) is 5.91 Å². The van der Waals surface area contributed by atoms with E-state index in [4.69, 9.17) is 4.42 Å². The molecule has 3 aromatic rings. The highest BCUT2D eigenvalue weighted by molar-refractivity contribution is 6.02. The van der Waals surface area contributed by atoms with Gasteiger partial charge in [-0.15, -0.1) is 10.2 Å². The first-order valence-electron chi connectivity index (χ1n) is 5.36. The van der Waals surface area contributed by atoms with Crippen molar-refractivity contribution >= 4 is 11.6 Å². The minimum atomic E-state index is -0.351. The standard InChI is InChI=1S/C11H8N6O2/c18-10(9-5-12-17-15-9)14-8-3-1-2-7(4-8)11-16-13-6-19-11/h1-6H,(H,14,18)(H,12,15,17). The second-order valence-electron chi connectivity index (χ2n) is 3.63. The molecule has 0 radical (unpaired) electrons. The maximum absolute atomic E-state index is 11.8. The summed E-state index contributed by atoms with van der Waals surface area (Å²) in [6.07, 6.45) is 2.59. The molecule has 0 spiro atoms. The number of hydrogen-bond donors (Lipinski definition) is 2. The fraction of sp³-hybridized carbons (Fsp3) is 0. The van der Waals surface area contributed by atoms with Gasteiger partial charge in [0.15, 0.2) is 5.69 Å². The zero-order valence-electron chi connectivity index (χ0n) is 9.57. The van der Waals surface area contributed by atoms with Crippen LogP contribution in [0.3, 0.4) is 0 Å². The number of aromatic amines is 1. The fourth-order valence-electron chi connectivity index (χ4n) is 1.53. The van der Waals surface area contributed by atoms with Crippen molar-refractivity contribution in [2.24, 2.45) is 0 Å². The molecule has 3 rings (SSSR count). The van der Waals surface area contributed by atoms with Crippen molar-refractivity contribution in [3.8, 4) is 11.5 Å². The molecule has 0 aliphatic rings. The summed E-state index contributed by atoms with van der Waals surface area (Å²) in [5, 5.41) is 19.7. The maximum atomic E-state index is 11.8. The van der Waals surface area contributed by atoms with Gasteiger partial charge in [-0.1, -0.05) is 6.07 Å². The Hall–Kier alpha value is -3.03. The molecule has 0 unspecified atom stereocenters. The molecule has 0 saturated carbocycles. The van der Waals surface area contributed by atoms with E-state index in [2.05, 4.69) is 30.9 Å². The predicted molar refractivity (Wildman–Crippen MR) is 64.1 cm³/mol. The fourth-order valence-corrected chi connectivity index (χ4v) is 1.53. The number of benzene rings is 1. The molecule has 0 fully saturated rings. The molecule has 0 aliphatic heterocycles. The van der Waals surface area contributed by atoms with Crippen LogP contribution in [0.2, 0.25) is 0 Å². The summed E-state index contributed by atoms with van der Waals surface area (Å²) in [5.74, 6) is 0.0361. The van der Waals surface area contributed by atoms with E-state index < -0.39 is 0 Å². The van der Waals surface area contributed by atoms with E-state index >= 15 is 0 Å². The topological polar surface area (TPSA) is 110 Å². The summed E-state index contributed by atoms with van der Waals surface area (Å²) in [4.78, 5) is 11.8. The van der Waals surface area contributed by atoms with E-state index in [0.717, 1.165) is 5.56 Å². The Morgan fingerprint density at radius 2 is 2.32 bits per heavy atom. The van der Waals surface area contributed by atoms with Gasteiger partial charge in [0.2, 0.25) is 12.3 Å². The van der Waals surface area contributed by atoms with Crippen molar-refractivity contribution in [1.82, 2.24) is 25.6 Å². The van der Waals surface area contributed by atoms with E-state index in [1.54, 1.807) is 24.3 Å². The van der Waals surface area contributed by atoms with Crippen molar-refractivity contribution in [3.63, 3.8) is 0 Å².